The summed E-state index contributed by atoms with van der Waals surface area (Å²) in [6.07, 6.45) is 5.87. The highest BCUT2D eigenvalue weighted by atomic mass is 16.5. The summed E-state index contributed by atoms with van der Waals surface area (Å²) >= 11 is 0. The highest BCUT2D eigenvalue weighted by Crippen LogP contribution is 2.24. The Labute approximate surface area is 116 Å². The summed E-state index contributed by atoms with van der Waals surface area (Å²) in [5.74, 6) is 0.659. The molecule has 2 aliphatic rings. The van der Waals surface area contributed by atoms with Crippen LogP contribution in [-0.2, 0) is 9.53 Å². The molecule has 0 aromatic heterocycles. The number of methoxy groups -OCH3 is 1. The zero-order chi connectivity index (χ0) is 13.8. The van der Waals surface area contributed by atoms with E-state index in [-0.39, 0.29) is 12.0 Å². The molecule has 1 saturated carbocycles. The first kappa shape index (κ1) is 14.8. The van der Waals surface area contributed by atoms with Gasteiger partial charge in [-0.15, -0.1) is 0 Å². The van der Waals surface area contributed by atoms with E-state index >= 15 is 0 Å². The van der Waals surface area contributed by atoms with Gasteiger partial charge in [-0.3, -0.25) is 4.79 Å². The van der Waals surface area contributed by atoms with Gasteiger partial charge in [0.15, 0.2) is 0 Å². The van der Waals surface area contributed by atoms with Gasteiger partial charge >= 0.3 is 5.97 Å². The standard InChI is InChI=1S/C15H28N2O2/c1-11-5-4-9-17(12(11)2)10-8-14(15(18)19-3)16-13-6-7-13/h11-14,16H,4-10H2,1-3H3. The Balaban J connectivity index is 1.81. The fourth-order valence-electron chi connectivity index (χ4n) is 2.98. The predicted molar refractivity (Wildman–Crippen MR) is 76.0 cm³/mol. The number of nitrogens with one attached hydrogen (secondary N) is 1. The number of carbonyl (C=O) groups excluding carboxylic acids is 1. The third kappa shape index (κ3) is 4.18. The zero-order valence-corrected chi connectivity index (χ0v) is 12.5. The summed E-state index contributed by atoms with van der Waals surface area (Å²) in [5, 5.41) is 3.41. The van der Waals surface area contributed by atoms with Crippen LogP contribution in [0.3, 0.4) is 0 Å². The van der Waals surface area contributed by atoms with Gasteiger partial charge in [-0.2, -0.15) is 0 Å². The molecule has 1 saturated heterocycles. The van der Waals surface area contributed by atoms with Gasteiger partial charge in [0, 0.05) is 18.6 Å². The van der Waals surface area contributed by atoms with Crippen LogP contribution in [0.4, 0.5) is 0 Å². The van der Waals surface area contributed by atoms with Crippen LogP contribution in [0.15, 0.2) is 0 Å². The Kier molecular flexibility index (Phi) is 5.22. The van der Waals surface area contributed by atoms with Crippen LogP contribution in [-0.4, -0.2) is 49.2 Å². The van der Waals surface area contributed by atoms with Crippen LogP contribution in [0.1, 0.15) is 46.0 Å². The van der Waals surface area contributed by atoms with Crippen LogP contribution < -0.4 is 5.32 Å². The van der Waals surface area contributed by atoms with Gasteiger partial charge in [-0.25, -0.2) is 0 Å². The molecule has 1 aliphatic carbocycles. The monoisotopic (exact) mass is 268 g/mol. The fraction of sp³-hybridized carbons (Fsp3) is 0.933. The molecule has 0 spiro atoms. The maximum absolute atomic E-state index is 11.8. The number of hydrogen-bond acceptors (Lipinski definition) is 4. The van der Waals surface area contributed by atoms with Gasteiger partial charge < -0.3 is 15.0 Å². The number of ether oxygens (including phenoxy) is 1. The van der Waals surface area contributed by atoms with Crippen molar-refractivity contribution < 1.29 is 9.53 Å². The van der Waals surface area contributed by atoms with E-state index in [1.54, 1.807) is 0 Å². The molecule has 1 N–H and O–H groups in total. The van der Waals surface area contributed by atoms with Crippen molar-refractivity contribution in [3.05, 3.63) is 0 Å². The van der Waals surface area contributed by atoms with E-state index in [0.29, 0.717) is 12.1 Å². The lowest BCUT2D eigenvalue weighted by molar-refractivity contribution is -0.143. The van der Waals surface area contributed by atoms with Gasteiger partial charge in [0.1, 0.15) is 6.04 Å². The van der Waals surface area contributed by atoms with Crippen molar-refractivity contribution in [3.8, 4) is 0 Å². The highest BCUT2D eigenvalue weighted by Gasteiger charge is 2.30. The van der Waals surface area contributed by atoms with E-state index in [1.165, 1.54) is 39.3 Å². The number of nitrogens with zero attached hydrogens (tertiary/aromatic N) is 1. The zero-order valence-electron chi connectivity index (χ0n) is 12.5. The van der Waals surface area contributed by atoms with Gasteiger partial charge in [-0.05, 0) is 51.5 Å². The second kappa shape index (κ2) is 6.71. The van der Waals surface area contributed by atoms with E-state index < -0.39 is 0 Å². The third-order valence-electron chi connectivity index (χ3n) is 4.71. The highest BCUT2D eigenvalue weighted by molar-refractivity contribution is 5.75. The molecule has 4 heteroatoms. The van der Waals surface area contributed by atoms with Crippen molar-refractivity contribution in [1.29, 1.82) is 0 Å². The molecular weight excluding hydrogens is 240 g/mol. The molecule has 0 amide bonds. The van der Waals surface area contributed by atoms with Crippen LogP contribution in [0, 0.1) is 5.92 Å². The maximum atomic E-state index is 11.8. The SMILES string of the molecule is COC(=O)C(CCN1CCCC(C)C1C)NC1CC1. The quantitative estimate of drug-likeness (QED) is 0.746. The van der Waals surface area contributed by atoms with Crippen molar-refractivity contribution in [3.63, 3.8) is 0 Å². The molecule has 3 atom stereocenters. The van der Waals surface area contributed by atoms with E-state index in [9.17, 15) is 4.79 Å². The number of piperidine rings is 1. The van der Waals surface area contributed by atoms with Gasteiger partial charge in [0.2, 0.25) is 0 Å². The second-order valence-electron chi connectivity index (χ2n) is 6.20. The average molecular weight is 268 g/mol. The molecule has 0 aromatic carbocycles. The van der Waals surface area contributed by atoms with Crippen molar-refractivity contribution in [2.24, 2.45) is 5.92 Å². The fourth-order valence-corrected chi connectivity index (χ4v) is 2.98. The third-order valence-corrected chi connectivity index (χ3v) is 4.71. The van der Waals surface area contributed by atoms with E-state index in [4.69, 9.17) is 4.74 Å². The molecule has 19 heavy (non-hydrogen) atoms. The number of likely N-dealkylation sites (tertiary alicyclic amines) is 1. The Morgan fingerprint density at radius 2 is 2.11 bits per heavy atom. The van der Waals surface area contributed by atoms with Gasteiger partial charge in [0.25, 0.3) is 0 Å². The number of hydrogen-bond donors (Lipinski definition) is 1. The molecule has 1 aliphatic heterocycles. The number of rotatable bonds is 6. The largest absolute Gasteiger partial charge is 0.468 e. The molecule has 4 nitrogen and oxygen atoms in total. The van der Waals surface area contributed by atoms with Crippen molar-refractivity contribution in [1.82, 2.24) is 10.2 Å². The minimum atomic E-state index is -0.123. The molecule has 0 aromatic rings. The number of carbonyl (C=O) groups is 1. The van der Waals surface area contributed by atoms with Crippen LogP contribution >= 0.6 is 0 Å². The number of esters is 1. The molecule has 0 bridgehead atoms. The Morgan fingerprint density at radius 1 is 1.37 bits per heavy atom. The first-order chi connectivity index (χ1) is 9.11. The molecule has 0 radical (unpaired) electrons. The topological polar surface area (TPSA) is 41.6 Å². The lowest BCUT2D eigenvalue weighted by Gasteiger charge is -2.38. The summed E-state index contributed by atoms with van der Waals surface area (Å²) in [6, 6.07) is 1.05. The van der Waals surface area contributed by atoms with Crippen LogP contribution in [0.5, 0.6) is 0 Å². The van der Waals surface area contributed by atoms with Crippen LogP contribution in [0.25, 0.3) is 0 Å². The first-order valence-corrected chi connectivity index (χ1v) is 7.69. The maximum Gasteiger partial charge on any atom is 0.322 e. The molecule has 2 fully saturated rings. The summed E-state index contributed by atoms with van der Waals surface area (Å²) in [4.78, 5) is 14.3. The van der Waals surface area contributed by atoms with Gasteiger partial charge in [0.05, 0.1) is 7.11 Å². The lowest BCUT2D eigenvalue weighted by Crippen LogP contribution is -2.46. The molecule has 2 rings (SSSR count). The Hall–Kier alpha value is -0.610. The molecular formula is C15H28N2O2. The molecule has 3 unspecified atom stereocenters. The van der Waals surface area contributed by atoms with Gasteiger partial charge in [-0.1, -0.05) is 6.92 Å². The van der Waals surface area contributed by atoms with E-state index in [2.05, 4.69) is 24.1 Å². The lowest BCUT2D eigenvalue weighted by atomic mass is 9.92. The van der Waals surface area contributed by atoms with Crippen molar-refractivity contribution >= 4 is 5.97 Å². The Bertz CT molecular complexity index is 305. The summed E-state index contributed by atoms with van der Waals surface area (Å²) in [7, 11) is 1.48. The second-order valence-corrected chi connectivity index (χ2v) is 6.20. The molecule has 110 valence electrons. The summed E-state index contributed by atoms with van der Waals surface area (Å²) < 4.78 is 4.91. The van der Waals surface area contributed by atoms with Crippen molar-refractivity contribution in [2.75, 3.05) is 20.2 Å². The van der Waals surface area contributed by atoms with Crippen molar-refractivity contribution in [2.45, 2.75) is 64.1 Å². The smallest absolute Gasteiger partial charge is 0.322 e. The predicted octanol–water partition coefficient (Wildman–Crippen LogP) is 1.79. The summed E-state index contributed by atoms with van der Waals surface area (Å²) in [5.41, 5.74) is 0. The average Bonchev–Trinajstić information content (AvgIpc) is 3.22. The molecule has 1 heterocycles. The van der Waals surface area contributed by atoms with E-state index in [1.807, 2.05) is 0 Å². The first-order valence-electron chi connectivity index (χ1n) is 7.69. The minimum absolute atomic E-state index is 0.107. The Morgan fingerprint density at radius 3 is 2.74 bits per heavy atom. The summed E-state index contributed by atoms with van der Waals surface area (Å²) in [6.45, 7) is 6.80. The normalized spacial score (nSPS) is 30.1. The van der Waals surface area contributed by atoms with Crippen LogP contribution in [0.2, 0.25) is 0 Å². The van der Waals surface area contributed by atoms with E-state index in [0.717, 1.165) is 18.9 Å². The minimum Gasteiger partial charge on any atom is -0.468 e.